The molecule has 2 aromatic carbocycles. The molecule has 1 aromatic heterocycles. The van der Waals surface area contributed by atoms with Gasteiger partial charge in [-0.3, -0.25) is 0 Å². The number of nitrogens with zero attached hydrogens (tertiary/aromatic N) is 3. The van der Waals surface area contributed by atoms with Crippen molar-refractivity contribution in [3.8, 4) is 0 Å². The van der Waals surface area contributed by atoms with Gasteiger partial charge >= 0.3 is 0 Å². The van der Waals surface area contributed by atoms with E-state index in [0.29, 0.717) is 5.92 Å². The molecule has 0 N–H and O–H groups in total. The predicted molar refractivity (Wildman–Crippen MR) is 121 cm³/mol. The Kier molecular flexibility index (Phi) is 4.16. The van der Waals surface area contributed by atoms with Crippen LogP contribution in [0.3, 0.4) is 0 Å². The van der Waals surface area contributed by atoms with Gasteiger partial charge in [-0.1, -0.05) is 57.2 Å². The fraction of sp³-hybridized carbons (Fsp3) is 0.346. The van der Waals surface area contributed by atoms with E-state index in [2.05, 4.69) is 98.2 Å². The van der Waals surface area contributed by atoms with Crippen LogP contribution in [0.2, 0.25) is 0 Å². The van der Waals surface area contributed by atoms with E-state index < -0.39 is 0 Å². The summed E-state index contributed by atoms with van der Waals surface area (Å²) in [5.41, 5.74) is 6.72. The minimum Gasteiger partial charge on any atom is -0.316 e. The summed E-state index contributed by atoms with van der Waals surface area (Å²) in [6.45, 7) is 9.36. The van der Waals surface area contributed by atoms with Crippen LogP contribution in [-0.2, 0) is 5.41 Å². The van der Waals surface area contributed by atoms with Crippen LogP contribution < -0.4 is 9.80 Å². The van der Waals surface area contributed by atoms with Gasteiger partial charge < -0.3 is 9.80 Å². The van der Waals surface area contributed by atoms with Crippen LogP contribution in [0.1, 0.15) is 44.7 Å². The number of aryl methyl sites for hydroxylation is 1. The van der Waals surface area contributed by atoms with Crippen molar-refractivity contribution in [1.82, 2.24) is 4.98 Å². The molecule has 0 bridgehead atoms. The van der Waals surface area contributed by atoms with Crippen LogP contribution in [0.4, 0.5) is 22.9 Å². The Balaban J connectivity index is 1.82. The van der Waals surface area contributed by atoms with Gasteiger partial charge in [0.2, 0.25) is 0 Å². The van der Waals surface area contributed by atoms with E-state index in [1.165, 1.54) is 28.2 Å². The Morgan fingerprint density at radius 1 is 0.828 bits per heavy atom. The Hall–Kier alpha value is -2.81. The standard InChI is InChI=1S/C26H29N3/c1-5-26(6-2)19(4)25-28(21-14-9-7-12-18(21)3)23-16-11-17-27-24(23)29(25)22-15-10-8-13-20(22)26/h7-17,19,25H,5-6H2,1-4H3. The molecule has 0 aliphatic carbocycles. The second-order valence-electron chi connectivity index (χ2n) is 8.46. The van der Waals surface area contributed by atoms with Crippen LogP contribution in [0, 0.1) is 12.8 Å². The Labute approximate surface area is 174 Å². The van der Waals surface area contributed by atoms with Crippen molar-refractivity contribution in [3.05, 3.63) is 78.0 Å². The molecule has 2 aliphatic rings. The van der Waals surface area contributed by atoms with Gasteiger partial charge in [0.05, 0.1) is 5.69 Å². The Morgan fingerprint density at radius 3 is 2.21 bits per heavy atom. The zero-order valence-electron chi connectivity index (χ0n) is 17.8. The normalized spacial score (nSPS) is 21.5. The minimum atomic E-state index is 0.154. The molecule has 0 saturated carbocycles. The van der Waals surface area contributed by atoms with Gasteiger partial charge in [0, 0.05) is 28.9 Å². The maximum absolute atomic E-state index is 4.87. The van der Waals surface area contributed by atoms with Gasteiger partial charge in [-0.05, 0) is 55.2 Å². The minimum absolute atomic E-state index is 0.154. The first-order valence-electron chi connectivity index (χ1n) is 10.8. The topological polar surface area (TPSA) is 19.4 Å². The second kappa shape index (κ2) is 6.62. The summed E-state index contributed by atoms with van der Waals surface area (Å²) >= 11 is 0. The first-order chi connectivity index (χ1) is 14.1. The van der Waals surface area contributed by atoms with Crippen LogP contribution in [0.25, 0.3) is 0 Å². The largest absolute Gasteiger partial charge is 0.316 e. The Morgan fingerprint density at radius 2 is 1.48 bits per heavy atom. The summed E-state index contributed by atoms with van der Waals surface area (Å²) in [6.07, 6.45) is 4.41. The van der Waals surface area contributed by atoms with Crippen molar-refractivity contribution in [1.29, 1.82) is 0 Å². The summed E-state index contributed by atoms with van der Waals surface area (Å²) in [4.78, 5) is 9.90. The molecule has 148 valence electrons. The van der Waals surface area contributed by atoms with E-state index in [9.17, 15) is 0 Å². The molecule has 2 aliphatic heterocycles. The average molecular weight is 384 g/mol. The van der Waals surface area contributed by atoms with E-state index in [1.807, 2.05) is 6.20 Å². The summed E-state index contributed by atoms with van der Waals surface area (Å²) in [6, 6.07) is 22.0. The molecule has 29 heavy (non-hydrogen) atoms. The van der Waals surface area contributed by atoms with Crippen molar-refractivity contribution in [2.24, 2.45) is 5.92 Å². The molecule has 2 atom stereocenters. The molecule has 3 heterocycles. The lowest BCUT2D eigenvalue weighted by Crippen LogP contribution is -2.55. The average Bonchev–Trinajstić information content (AvgIpc) is 3.11. The van der Waals surface area contributed by atoms with E-state index in [0.717, 1.165) is 18.7 Å². The number of pyridine rings is 1. The summed E-state index contributed by atoms with van der Waals surface area (Å²) in [5.74, 6) is 1.52. The van der Waals surface area contributed by atoms with Crippen LogP contribution in [0.15, 0.2) is 66.9 Å². The molecular weight excluding hydrogens is 354 g/mol. The molecule has 0 fully saturated rings. The van der Waals surface area contributed by atoms with Crippen molar-refractivity contribution in [2.75, 3.05) is 9.80 Å². The number of anilines is 4. The number of hydrogen-bond acceptors (Lipinski definition) is 3. The molecule has 5 rings (SSSR count). The highest BCUT2D eigenvalue weighted by Crippen LogP contribution is 2.58. The number of fused-ring (bicyclic) bond motifs is 5. The van der Waals surface area contributed by atoms with Gasteiger partial charge in [-0.15, -0.1) is 0 Å². The third-order valence-corrected chi connectivity index (χ3v) is 7.44. The lowest BCUT2D eigenvalue weighted by molar-refractivity contribution is 0.218. The first kappa shape index (κ1) is 18.2. The maximum Gasteiger partial charge on any atom is 0.158 e. The Bertz CT molecular complexity index is 1050. The van der Waals surface area contributed by atoms with Gasteiger partial charge in [0.15, 0.2) is 5.82 Å². The van der Waals surface area contributed by atoms with E-state index in [4.69, 9.17) is 4.98 Å². The van der Waals surface area contributed by atoms with Gasteiger partial charge in [0.25, 0.3) is 0 Å². The maximum atomic E-state index is 4.87. The van der Waals surface area contributed by atoms with E-state index in [-0.39, 0.29) is 11.6 Å². The summed E-state index contributed by atoms with van der Waals surface area (Å²) in [5, 5.41) is 0. The quantitative estimate of drug-likeness (QED) is 0.501. The lowest BCUT2D eigenvalue weighted by Gasteiger charge is -2.52. The number of hydrogen-bond donors (Lipinski definition) is 0. The predicted octanol–water partition coefficient (Wildman–Crippen LogP) is 6.71. The van der Waals surface area contributed by atoms with Crippen LogP contribution >= 0.6 is 0 Å². The number of benzene rings is 2. The molecule has 3 heteroatoms. The van der Waals surface area contributed by atoms with E-state index >= 15 is 0 Å². The fourth-order valence-electron chi connectivity index (χ4n) is 5.87. The van der Waals surface area contributed by atoms with Crippen molar-refractivity contribution in [3.63, 3.8) is 0 Å². The highest BCUT2D eigenvalue weighted by atomic mass is 15.5. The molecule has 0 radical (unpaired) electrons. The second-order valence-corrected chi connectivity index (χ2v) is 8.46. The number of para-hydroxylation sites is 2. The summed E-state index contributed by atoms with van der Waals surface area (Å²) < 4.78 is 0. The highest BCUT2D eigenvalue weighted by molar-refractivity contribution is 5.88. The molecule has 2 unspecified atom stereocenters. The van der Waals surface area contributed by atoms with Crippen LogP contribution in [0.5, 0.6) is 0 Å². The smallest absolute Gasteiger partial charge is 0.158 e. The third-order valence-electron chi connectivity index (χ3n) is 7.44. The molecule has 0 spiro atoms. The zero-order valence-corrected chi connectivity index (χ0v) is 17.8. The SMILES string of the molecule is CCC1(CC)c2ccccc2N2c3ncccc3N(c3ccccc3C)C2C1C. The lowest BCUT2D eigenvalue weighted by atomic mass is 9.63. The molecule has 0 amide bonds. The van der Waals surface area contributed by atoms with Crippen molar-refractivity contribution in [2.45, 2.75) is 52.1 Å². The zero-order chi connectivity index (χ0) is 20.2. The first-order valence-corrected chi connectivity index (χ1v) is 10.8. The van der Waals surface area contributed by atoms with Gasteiger partial charge in [-0.25, -0.2) is 4.98 Å². The molecule has 0 saturated heterocycles. The third kappa shape index (κ3) is 2.33. The fourth-order valence-corrected chi connectivity index (χ4v) is 5.87. The highest BCUT2D eigenvalue weighted by Gasteiger charge is 2.54. The monoisotopic (exact) mass is 383 g/mol. The number of rotatable bonds is 3. The number of aromatic nitrogens is 1. The molecular formula is C26H29N3. The summed E-state index contributed by atoms with van der Waals surface area (Å²) in [7, 11) is 0. The molecule has 3 nitrogen and oxygen atoms in total. The van der Waals surface area contributed by atoms with Crippen molar-refractivity contribution >= 4 is 22.9 Å². The van der Waals surface area contributed by atoms with Gasteiger partial charge in [0.1, 0.15) is 6.17 Å². The van der Waals surface area contributed by atoms with Crippen molar-refractivity contribution < 1.29 is 0 Å². The molecule has 3 aromatic rings. The van der Waals surface area contributed by atoms with Gasteiger partial charge in [-0.2, -0.15) is 0 Å². The van der Waals surface area contributed by atoms with Crippen LogP contribution in [-0.4, -0.2) is 11.1 Å². The van der Waals surface area contributed by atoms with E-state index in [1.54, 1.807) is 0 Å².